The van der Waals surface area contributed by atoms with E-state index in [1.54, 1.807) is 31.1 Å². The highest BCUT2D eigenvalue weighted by atomic mass is 35.5. The van der Waals surface area contributed by atoms with Crippen LogP contribution in [0.3, 0.4) is 0 Å². The summed E-state index contributed by atoms with van der Waals surface area (Å²) in [5.41, 5.74) is 5.79. The molecule has 2 heterocycles. The maximum atomic E-state index is 13.1. The van der Waals surface area contributed by atoms with E-state index in [1.165, 1.54) is 18.5 Å². The van der Waals surface area contributed by atoms with Gasteiger partial charge in [-0.25, -0.2) is 23.1 Å². The van der Waals surface area contributed by atoms with E-state index in [9.17, 15) is 26.4 Å². The van der Waals surface area contributed by atoms with E-state index in [2.05, 4.69) is 29.7 Å². The number of nitrogens with one attached hydrogen (secondary N) is 2. The number of anilines is 2. The number of pyridine rings is 1. The Hall–Kier alpha value is -3.53. The maximum Gasteiger partial charge on any atom is 0.573 e. The van der Waals surface area contributed by atoms with Crippen molar-refractivity contribution in [3.8, 4) is 17.0 Å². The number of aromatic nitrogens is 3. The van der Waals surface area contributed by atoms with E-state index in [0.29, 0.717) is 12.2 Å². The van der Waals surface area contributed by atoms with Crippen molar-refractivity contribution in [3.63, 3.8) is 0 Å². The summed E-state index contributed by atoms with van der Waals surface area (Å²) in [6, 6.07) is 6.17. The number of nitrogens with zero attached hydrogens (tertiary/aromatic N) is 4. The predicted molar refractivity (Wildman–Crippen MR) is 132 cm³/mol. The molecule has 1 amide bonds. The van der Waals surface area contributed by atoms with E-state index in [-0.39, 0.29) is 41.7 Å². The Morgan fingerprint density at radius 3 is 2.54 bits per heavy atom. The quantitative estimate of drug-likeness (QED) is 0.358. The molecule has 37 heavy (non-hydrogen) atoms. The van der Waals surface area contributed by atoms with E-state index >= 15 is 0 Å². The molecule has 0 aliphatic carbocycles. The van der Waals surface area contributed by atoms with Crippen LogP contribution >= 0.6 is 12.4 Å². The fraction of sp³-hybridized carbons (Fsp3) is 0.238. The average Bonchev–Trinajstić information content (AvgIpc) is 2.78. The van der Waals surface area contributed by atoms with E-state index in [4.69, 9.17) is 5.73 Å². The average molecular weight is 562 g/mol. The Morgan fingerprint density at radius 2 is 1.92 bits per heavy atom. The Morgan fingerprint density at radius 1 is 1.19 bits per heavy atom. The Labute approximate surface area is 216 Å². The lowest BCUT2D eigenvalue weighted by molar-refractivity contribution is -0.275. The van der Waals surface area contributed by atoms with Gasteiger partial charge in [-0.05, 0) is 38.4 Å². The molecule has 0 spiro atoms. The molecule has 0 fully saturated rings. The first-order valence-electron chi connectivity index (χ1n) is 10.2. The van der Waals surface area contributed by atoms with Crippen molar-refractivity contribution in [2.45, 2.75) is 11.3 Å². The van der Waals surface area contributed by atoms with E-state index in [1.807, 2.05) is 0 Å². The van der Waals surface area contributed by atoms with Crippen molar-refractivity contribution in [1.29, 1.82) is 0 Å². The molecule has 0 atom stereocenters. The minimum absolute atomic E-state index is 0. The first kappa shape index (κ1) is 29.7. The number of benzene rings is 1. The lowest BCUT2D eigenvalue weighted by Crippen LogP contribution is -2.32. The molecular formula is C21H23ClF3N7O4S. The summed E-state index contributed by atoms with van der Waals surface area (Å²) in [5.74, 6) is -1.93. The van der Waals surface area contributed by atoms with Gasteiger partial charge < -0.3 is 20.7 Å². The van der Waals surface area contributed by atoms with Gasteiger partial charge in [0, 0.05) is 24.8 Å². The number of sulfonamides is 1. The number of carbonyl (C=O) groups excluding carboxylic acids is 1. The molecule has 2 aromatic heterocycles. The number of halogens is 4. The van der Waals surface area contributed by atoms with Crippen LogP contribution in [0.2, 0.25) is 0 Å². The molecule has 0 saturated heterocycles. The number of alkyl halides is 3. The lowest BCUT2D eigenvalue weighted by Gasteiger charge is -2.16. The maximum absolute atomic E-state index is 13.1. The second-order valence-corrected chi connectivity index (χ2v) is 9.33. The summed E-state index contributed by atoms with van der Waals surface area (Å²) in [7, 11) is -0.932. The predicted octanol–water partition coefficient (Wildman–Crippen LogP) is 2.53. The number of ether oxygens (including phenoxy) is 1. The number of hydrogen-bond acceptors (Lipinski definition) is 9. The van der Waals surface area contributed by atoms with Crippen LogP contribution < -0.4 is 20.5 Å². The number of nitrogen functional groups attached to an aromatic ring is 1. The highest BCUT2D eigenvalue weighted by Gasteiger charge is 2.34. The van der Waals surface area contributed by atoms with Gasteiger partial charge in [0.2, 0.25) is 10.0 Å². The number of likely N-dealkylation sites (N-methyl/N-ethyl adjacent to an activating group) is 1. The van der Waals surface area contributed by atoms with Gasteiger partial charge in [-0.3, -0.25) is 9.78 Å². The number of hydrogen-bond donors (Lipinski definition) is 3. The zero-order chi connectivity index (χ0) is 26.5. The fourth-order valence-electron chi connectivity index (χ4n) is 2.91. The molecule has 0 saturated carbocycles. The summed E-state index contributed by atoms with van der Waals surface area (Å²) in [5, 5.41) is 2.53. The Bertz CT molecular complexity index is 1340. The summed E-state index contributed by atoms with van der Waals surface area (Å²) >= 11 is 0. The second-order valence-electron chi connectivity index (χ2n) is 7.60. The fourth-order valence-corrected chi connectivity index (χ4v) is 4.03. The molecule has 3 aromatic rings. The van der Waals surface area contributed by atoms with Crippen LogP contribution in [0.4, 0.5) is 24.7 Å². The molecule has 0 aliphatic heterocycles. The molecule has 0 unspecified atom stereocenters. The Balaban J connectivity index is 0.00000481. The minimum Gasteiger partial charge on any atom is -0.404 e. The molecule has 16 heteroatoms. The number of amides is 1. The molecule has 4 N–H and O–H groups in total. The molecule has 1 aromatic carbocycles. The second kappa shape index (κ2) is 12.1. The molecule has 0 aliphatic rings. The van der Waals surface area contributed by atoms with Gasteiger partial charge in [-0.2, -0.15) is 0 Å². The summed E-state index contributed by atoms with van der Waals surface area (Å²) < 4.78 is 70.8. The van der Waals surface area contributed by atoms with Gasteiger partial charge in [0.1, 0.15) is 10.6 Å². The van der Waals surface area contributed by atoms with Crippen molar-refractivity contribution in [2.24, 2.45) is 0 Å². The minimum atomic E-state index is -5.17. The molecular weight excluding hydrogens is 539 g/mol. The van der Waals surface area contributed by atoms with Crippen molar-refractivity contribution in [1.82, 2.24) is 24.6 Å². The smallest absolute Gasteiger partial charge is 0.404 e. The zero-order valence-electron chi connectivity index (χ0n) is 19.5. The summed E-state index contributed by atoms with van der Waals surface area (Å²) in [4.78, 5) is 25.5. The monoisotopic (exact) mass is 561 g/mol. The van der Waals surface area contributed by atoms with Crippen molar-refractivity contribution < 1.29 is 31.1 Å². The largest absolute Gasteiger partial charge is 0.573 e. The van der Waals surface area contributed by atoms with Gasteiger partial charge in [0.15, 0.2) is 11.5 Å². The number of rotatable bonds is 9. The van der Waals surface area contributed by atoms with Gasteiger partial charge in [0.25, 0.3) is 5.91 Å². The lowest BCUT2D eigenvalue weighted by atomic mass is 10.1. The van der Waals surface area contributed by atoms with Gasteiger partial charge in [-0.1, -0.05) is 6.07 Å². The molecule has 0 radical (unpaired) electrons. The number of carbonyl (C=O) groups is 1. The van der Waals surface area contributed by atoms with E-state index in [0.717, 1.165) is 18.3 Å². The zero-order valence-corrected chi connectivity index (χ0v) is 21.1. The van der Waals surface area contributed by atoms with Crippen molar-refractivity contribution >= 4 is 39.8 Å². The third-order valence-corrected chi connectivity index (χ3v) is 6.04. The highest BCUT2D eigenvalue weighted by Crippen LogP contribution is 2.33. The SMILES string of the molecule is CN(C)CCNS(=O)(=O)c1ccc(-c2cnc(N)c(C(=O)Nc3cccnc3)n2)cc1OC(F)(F)F.Cl. The van der Waals surface area contributed by atoms with Crippen molar-refractivity contribution in [3.05, 3.63) is 54.6 Å². The van der Waals surface area contributed by atoms with E-state index < -0.39 is 32.9 Å². The molecule has 0 bridgehead atoms. The van der Waals surface area contributed by atoms with Gasteiger partial charge in [-0.15, -0.1) is 25.6 Å². The van der Waals surface area contributed by atoms with Crippen LogP contribution in [0.15, 0.2) is 53.8 Å². The number of nitrogens with two attached hydrogens (primary N) is 1. The normalized spacial score (nSPS) is 11.6. The summed E-state index contributed by atoms with van der Waals surface area (Å²) in [6.07, 6.45) is -1.15. The summed E-state index contributed by atoms with van der Waals surface area (Å²) in [6.45, 7) is 0.277. The van der Waals surface area contributed by atoms with Crippen LogP contribution in [0.5, 0.6) is 5.75 Å². The van der Waals surface area contributed by atoms with Gasteiger partial charge >= 0.3 is 6.36 Å². The van der Waals surface area contributed by atoms with Crippen LogP contribution in [0.25, 0.3) is 11.3 Å². The third kappa shape index (κ3) is 8.24. The molecule has 11 nitrogen and oxygen atoms in total. The highest BCUT2D eigenvalue weighted by molar-refractivity contribution is 7.89. The van der Waals surface area contributed by atoms with Crippen molar-refractivity contribution in [2.75, 3.05) is 38.2 Å². The van der Waals surface area contributed by atoms with Crippen LogP contribution in [0.1, 0.15) is 10.5 Å². The third-order valence-electron chi connectivity index (χ3n) is 4.54. The van der Waals surface area contributed by atoms with Crippen LogP contribution in [-0.2, 0) is 10.0 Å². The van der Waals surface area contributed by atoms with Crippen LogP contribution in [-0.4, -0.2) is 67.7 Å². The molecule has 3 rings (SSSR count). The first-order valence-corrected chi connectivity index (χ1v) is 11.7. The standard InChI is InChI=1S/C21H22F3N7O4S.ClH/c1-31(2)9-8-28-36(33,34)17-6-5-13(10-16(17)35-21(22,23)24)15-12-27-19(25)18(30-15)20(32)29-14-4-3-7-26-11-14;/h3-7,10-12,28H,8-9H2,1-2H3,(H2,25,27)(H,29,32);1H. The van der Waals surface area contributed by atoms with Crippen LogP contribution in [0, 0.1) is 0 Å². The van der Waals surface area contributed by atoms with Gasteiger partial charge in [0.05, 0.1) is 23.8 Å². The molecule has 200 valence electrons. The topological polar surface area (TPSA) is 152 Å². The first-order chi connectivity index (χ1) is 16.9. The Kier molecular flexibility index (Phi) is 9.74.